The first kappa shape index (κ1) is 14.4. The molecule has 1 aromatic rings. The van der Waals surface area contributed by atoms with Crippen molar-refractivity contribution in [3.63, 3.8) is 0 Å². The summed E-state index contributed by atoms with van der Waals surface area (Å²) >= 11 is 11.7. The molecule has 0 unspecified atom stereocenters. The highest BCUT2D eigenvalue weighted by Crippen LogP contribution is 2.26. The van der Waals surface area contributed by atoms with Crippen molar-refractivity contribution in [2.45, 2.75) is 18.9 Å². The van der Waals surface area contributed by atoms with Gasteiger partial charge in [-0.25, -0.2) is 0 Å². The molecule has 1 aliphatic heterocycles. The van der Waals surface area contributed by atoms with Gasteiger partial charge in [0.2, 0.25) is 5.91 Å². The van der Waals surface area contributed by atoms with Gasteiger partial charge in [0, 0.05) is 19.2 Å². The summed E-state index contributed by atoms with van der Waals surface area (Å²) in [4.78, 5) is 13.4. The molecule has 0 aromatic heterocycles. The number of β-amino-alcohol motifs (C(OH)–C–C–N with tert-alkyl or cyclic N) is 1. The third-order valence-electron chi connectivity index (χ3n) is 2.99. The molecule has 0 aliphatic carbocycles. The zero-order chi connectivity index (χ0) is 13.8. The van der Waals surface area contributed by atoms with E-state index in [9.17, 15) is 9.90 Å². The topological polar surface area (TPSA) is 49.8 Å². The summed E-state index contributed by atoms with van der Waals surface area (Å²) in [5, 5.41) is 10.2. The van der Waals surface area contributed by atoms with Gasteiger partial charge in [-0.15, -0.1) is 0 Å². The predicted octanol–water partition coefficient (Wildman–Crippen LogP) is 2.36. The summed E-state index contributed by atoms with van der Waals surface area (Å²) in [6, 6.07) is 4.98. The number of hydrogen-bond donors (Lipinski definition) is 1. The summed E-state index contributed by atoms with van der Waals surface area (Å²) in [5.74, 6) is 0.584. The molecule has 2 rings (SSSR count). The number of carbonyl (C=O) groups is 1. The SMILES string of the molecule is O=C(CCOc1ccc(Cl)c(Cl)c1)N1CC[C@H](O)C1. The van der Waals surface area contributed by atoms with Crippen molar-refractivity contribution in [1.29, 1.82) is 0 Å². The molecule has 1 N–H and O–H groups in total. The minimum absolute atomic E-state index is 0.00314. The van der Waals surface area contributed by atoms with Crippen LogP contribution in [0, 0.1) is 0 Å². The third-order valence-corrected chi connectivity index (χ3v) is 3.73. The molecule has 6 heteroatoms. The van der Waals surface area contributed by atoms with Crippen molar-refractivity contribution in [2.75, 3.05) is 19.7 Å². The zero-order valence-corrected chi connectivity index (χ0v) is 11.8. The van der Waals surface area contributed by atoms with Crippen LogP contribution in [0.25, 0.3) is 0 Å². The number of carbonyl (C=O) groups excluding carboxylic acids is 1. The van der Waals surface area contributed by atoms with E-state index in [1.54, 1.807) is 23.1 Å². The second kappa shape index (κ2) is 6.46. The van der Waals surface area contributed by atoms with E-state index in [-0.39, 0.29) is 25.0 Å². The van der Waals surface area contributed by atoms with Gasteiger partial charge < -0.3 is 14.7 Å². The van der Waals surface area contributed by atoms with E-state index in [1.165, 1.54) is 0 Å². The summed E-state index contributed by atoms with van der Waals surface area (Å²) in [6.07, 6.45) is 0.548. The first-order valence-corrected chi connectivity index (χ1v) is 6.85. The van der Waals surface area contributed by atoms with Crippen LogP contribution in [0.2, 0.25) is 10.0 Å². The molecule has 1 aromatic carbocycles. The Morgan fingerprint density at radius 3 is 2.84 bits per heavy atom. The van der Waals surface area contributed by atoms with Crippen molar-refractivity contribution < 1.29 is 14.6 Å². The van der Waals surface area contributed by atoms with Crippen LogP contribution in [-0.2, 0) is 4.79 Å². The van der Waals surface area contributed by atoms with E-state index in [1.807, 2.05) is 0 Å². The van der Waals surface area contributed by atoms with Crippen LogP contribution in [0.5, 0.6) is 5.75 Å². The molecule has 0 bridgehead atoms. The Labute approximate surface area is 121 Å². The highest BCUT2D eigenvalue weighted by Gasteiger charge is 2.23. The standard InChI is InChI=1S/C13H15Cl2NO3/c14-11-2-1-10(7-12(11)15)19-6-4-13(18)16-5-3-9(17)8-16/h1-2,7,9,17H,3-6,8H2/t9-/m0/s1. The minimum Gasteiger partial charge on any atom is -0.493 e. The normalized spacial score (nSPS) is 18.7. The molecule has 1 atom stereocenters. The van der Waals surface area contributed by atoms with Gasteiger partial charge in [-0.2, -0.15) is 0 Å². The average Bonchev–Trinajstić information content (AvgIpc) is 2.80. The van der Waals surface area contributed by atoms with Crippen LogP contribution < -0.4 is 4.74 Å². The van der Waals surface area contributed by atoms with Crippen LogP contribution in [0.1, 0.15) is 12.8 Å². The summed E-state index contributed by atoms with van der Waals surface area (Å²) < 4.78 is 5.45. The average molecular weight is 304 g/mol. The van der Waals surface area contributed by atoms with Crippen molar-refractivity contribution in [1.82, 2.24) is 4.90 Å². The molecule has 1 aliphatic rings. The number of halogens is 2. The lowest BCUT2D eigenvalue weighted by atomic mass is 10.3. The molecule has 1 fully saturated rings. The van der Waals surface area contributed by atoms with Gasteiger partial charge in [-0.05, 0) is 18.6 Å². The quantitative estimate of drug-likeness (QED) is 0.929. The van der Waals surface area contributed by atoms with Gasteiger partial charge in [0.05, 0.1) is 29.2 Å². The van der Waals surface area contributed by atoms with Gasteiger partial charge >= 0.3 is 0 Å². The highest BCUT2D eigenvalue weighted by molar-refractivity contribution is 6.42. The molecule has 4 nitrogen and oxygen atoms in total. The molecule has 1 saturated heterocycles. The number of ether oxygens (including phenoxy) is 1. The van der Waals surface area contributed by atoms with Crippen LogP contribution >= 0.6 is 23.2 Å². The Bertz CT molecular complexity index is 467. The molecule has 19 heavy (non-hydrogen) atoms. The fourth-order valence-corrected chi connectivity index (χ4v) is 2.24. The van der Waals surface area contributed by atoms with Crippen molar-refractivity contribution in [3.05, 3.63) is 28.2 Å². The number of hydrogen-bond acceptors (Lipinski definition) is 3. The monoisotopic (exact) mass is 303 g/mol. The van der Waals surface area contributed by atoms with Crippen molar-refractivity contribution in [3.8, 4) is 5.75 Å². The molecular weight excluding hydrogens is 289 g/mol. The van der Waals surface area contributed by atoms with Crippen LogP contribution in [0.3, 0.4) is 0 Å². The number of nitrogens with zero attached hydrogens (tertiary/aromatic N) is 1. The van der Waals surface area contributed by atoms with E-state index in [0.717, 1.165) is 0 Å². The number of benzene rings is 1. The second-order valence-corrected chi connectivity index (χ2v) is 5.27. The molecule has 0 spiro atoms. The van der Waals surface area contributed by atoms with Gasteiger partial charge in [0.15, 0.2) is 0 Å². The smallest absolute Gasteiger partial charge is 0.226 e. The number of amides is 1. The molecule has 0 radical (unpaired) electrons. The lowest BCUT2D eigenvalue weighted by Crippen LogP contribution is -2.30. The van der Waals surface area contributed by atoms with Crippen LogP contribution in [0.15, 0.2) is 18.2 Å². The Morgan fingerprint density at radius 1 is 1.42 bits per heavy atom. The molecule has 1 amide bonds. The predicted molar refractivity (Wildman–Crippen MR) is 73.8 cm³/mol. The molecule has 104 valence electrons. The zero-order valence-electron chi connectivity index (χ0n) is 10.3. The van der Waals surface area contributed by atoms with E-state index < -0.39 is 0 Å². The highest BCUT2D eigenvalue weighted by atomic mass is 35.5. The maximum Gasteiger partial charge on any atom is 0.226 e. The largest absolute Gasteiger partial charge is 0.493 e. The van der Waals surface area contributed by atoms with Crippen molar-refractivity contribution >= 4 is 29.1 Å². The minimum atomic E-state index is -0.389. The maximum absolute atomic E-state index is 11.8. The lowest BCUT2D eigenvalue weighted by molar-refractivity contribution is -0.131. The third kappa shape index (κ3) is 4.00. The lowest BCUT2D eigenvalue weighted by Gasteiger charge is -2.15. The van der Waals surface area contributed by atoms with Crippen LogP contribution in [0.4, 0.5) is 0 Å². The molecular formula is C13H15Cl2NO3. The fourth-order valence-electron chi connectivity index (χ4n) is 1.95. The first-order chi connectivity index (χ1) is 9.06. The Kier molecular flexibility index (Phi) is 4.91. The van der Waals surface area contributed by atoms with E-state index in [2.05, 4.69) is 0 Å². The van der Waals surface area contributed by atoms with Gasteiger partial charge in [0.25, 0.3) is 0 Å². The summed E-state index contributed by atoms with van der Waals surface area (Å²) in [7, 11) is 0. The van der Waals surface area contributed by atoms with E-state index in [0.29, 0.717) is 35.3 Å². The first-order valence-electron chi connectivity index (χ1n) is 6.10. The summed E-state index contributed by atoms with van der Waals surface area (Å²) in [5.41, 5.74) is 0. The molecule has 1 heterocycles. The van der Waals surface area contributed by atoms with E-state index >= 15 is 0 Å². The Balaban J connectivity index is 1.77. The maximum atomic E-state index is 11.8. The number of rotatable bonds is 4. The Morgan fingerprint density at radius 2 is 2.21 bits per heavy atom. The number of likely N-dealkylation sites (tertiary alicyclic amines) is 1. The van der Waals surface area contributed by atoms with Gasteiger partial charge in [0.1, 0.15) is 5.75 Å². The fraction of sp³-hybridized carbons (Fsp3) is 0.462. The van der Waals surface area contributed by atoms with Gasteiger partial charge in [-0.1, -0.05) is 23.2 Å². The molecule has 0 saturated carbocycles. The number of aliphatic hydroxyl groups excluding tert-OH is 1. The number of aliphatic hydroxyl groups is 1. The van der Waals surface area contributed by atoms with E-state index in [4.69, 9.17) is 27.9 Å². The van der Waals surface area contributed by atoms with Crippen LogP contribution in [-0.4, -0.2) is 41.7 Å². The Hall–Kier alpha value is -0.970. The summed E-state index contributed by atoms with van der Waals surface area (Å²) in [6.45, 7) is 1.32. The van der Waals surface area contributed by atoms with Crippen molar-refractivity contribution in [2.24, 2.45) is 0 Å². The van der Waals surface area contributed by atoms with Gasteiger partial charge in [-0.3, -0.25) is 4.79 Å². The second-order valence-electron chi connectivity index (χ2n) is 4.46.